The van der Waals surface area contributed by atoms with Crippen LogP contribution < -0.4 is 5.32 Å². The molecule has 0 radical (unpaired) electrons. The van der Waals surface area contributed by atoms with Crippen molar-refractivity contribution >= 4 is 40.5 Å². The molecule has 2 N–H and O–H groups in total. The molecule has 0 aromatic heterocycles. The van der Waals surface area contributed by atoms with Gasteiger partial charge in [0.2, 0.25) is 0 Å². The molecule has 1 unspecified atom stereocenters. The predicted molar refractivity (Wildman–Crippen MR) is 81.4 cm³/mol. The minimum atomic E-state index is -0.692. The highest BCUT2D eigenvalue weighted by Gasteiger charge is 2.10. The van der Waals surface area contributed by atoms with Gasteiger partial charge in [0.1, 0.15) is 0 Å². The summed E-state index contributed by atoms with van der Waals surface area (Å²) < 4.78 is 0. The fourth-order valence-corrected chi connectivity index (χ4v) is 2.24. The fourth-order valence-electron chi connectivity index (χ4n) is 1.68. The molecule has 0 heterocycles. The summed E-state index contributed by atoms with van der Waals surface area (Å²) in [6.07, 6.45) is -0.692. The highest BCUT2D eigenvalue weighted by atomic mass is 35.5. The number of benzene rings is 2. The van der Waals surface area contributed by atoms with E-state index in [9.17, 15) is 5.11 Å². The largest absolute Gasteiger partial charge is 0.387 e. The van der Waals surface area contributed by atoms with E-state index in [4.69, 9.17) is 34.8 Å². The standard InChI is InChI=1S/C14H12Cl3NO/c15-11-4-2-1-3-10(11)14(19)8-18-9-5-6-12(16)13(17)7-9/h1-7,14,18-19H,8H2. The lowest BCUT2D eigenvalue weighted by molar-refractivity contribution is 0.192. The molecule has 0 saturated carbocycles. The smallest absolute Gasteiger partial charge is 0.0976 e. The Labute approximate surface area is 126 Å². The zero-order chi connectivity index (χ0) is 13.8. The van der Waals surface area contributed by atoms with E-state index >= 15 is 0 Å². The number of aliphatic hydroxyl groups is 1. The van der Waals surface area contributed by atoms with E-state index in [2.05, 4.69) is 5.32 Å². The molecule has 0 bridgehead atoms. The Kier molecular flexibility index (Phi) is 4.94. The van der Waals surface area contributed by atoms with Gasteiger partial charge in [-0.25, -0.2) is 0 Å². The third-order valence-corrected chi connectivity index (χ3v) is 3.77. The Hall–Kier alpha value is -0.930. The van der Waals surface area contributed by atoms with Crippen molar-refractivity contribution in [2.75, 3.05) is 11.9 Å². The summed E-state index contributed by atoms with van der Waals surface area (Å²) in [5, 5.41) is 14.7. The second-order valence-electron chi connectivity index (χ2n) is 4.05. The van der Waals surface area contributed by atoms with Crippen molar-refractivity contribution in [1.29, 1.82) is 0 Å². The molecular formula is C14H12Cl3NO. The van der Waals surface area contributed by atoms with E-state index in [0.717, 1.165) is 5.69 Å². The van der Waals surface area contributed by atoms with Crippen molar-refractivity contribution < 1.29 is 5.11 Å². The van der Waals surface area contributed by atoms with E-state index in [1.165, 1.54) is 0 Å². The van der Waals surface area contributed by atoms with Gasteiger partial charge >= 0.3 is 0 Å². The lowest BCUT2D eigenvalue weighted by Gasteiger charge is -2.14. The molecule has 100 valence electrons. The third kappa shape index (κ3) is 3.77. The number of anilines is 1. The number of rotatable bonds is 4. The van der Waals surface area contributed by atoms with Crippen LogP contribution in [0, 0.1) is 0 Å². The Morgan fingerprint density at radius 2 is 1.68 bits per heavy atom. The first-order chi connectivity index (χ1) is 9.08. The van der Waals surface area contributed by atoms with E-state index < -0.39 is 6.10 Å². The minimum absolute atomic E-state index is 0.335. The Balaban J connectivity index is 2.02. The maximum absolute atomic E-state index is 10.1. The van der Waals surface area contributed by atoms with E-state index in [1.807, 2.05) is 12.1 Å². The zero-order valence-electron chi connectivity index (χ0n) is 9.91. The average Bonchev–Trinajstić information content (AvgIpc) is 2.40. The number of hydrogen-bond donors (Lipinski definition) is 2. The fraction of sp³-hybridized carbons (Fsp3) is 0.143. The number of aliphatic hydroxyl groups excluding tert-OH is 1. The van der Waals surface area contributed by atoms with Gasteiger partial charge in [0.05, 0.1) is 16.1 Å². The van der Waals surface area contributed by atoms with Crippen molar-refractivity contribution in [2.24, 2.45) is 0 Å². The molecule has 0 fully saturated rings. The molecule has 0 saturated heterocycles. The van der Waals surface area contributed by atoms with Crippen LogP contribution in [-0.2, 0) is 0 Å². The molecule has 0 aliphatic carbocycles. The highest BCUT2D eigenvalue weighted by molar-refractivity contribution is 6.42. The summed E-state index contributed by atoms with van der Waals surface area (Å²) in [6, 6.07) is 12.4. The van der Waals surface area contributed by atoms with Crippen LogP contribution >= 0.6 is 34.8 Å². The molecular weight excluding hydrogens is 305 g/mol. The molecule has 0 spiro atoms. The van der Waals surface area contributed by atoms with Gasteiger partial charge in [0, 0.05) is 22.8 Å². The molecule has 2 aromatic rings. The molecule has 19 heavy (non-hydrogen) atoms. The molecule has 0 aliphatic heterocycles. The molecule has 5 heteroatoms. The van der Waals surface area contributed by atoms with Crippen LogP contribution in [0.4, 0.5) is 5.69 Å². The van der Waals surface area contributed by atoms with Gasteiger partial charge in [-0.1, -0.05) is 53.0 Å². The summed E-state index contributed by atoms with van der Waals surface area (Å²) in [7, 11) is 0. The molecule has 1 atom stereocenters. The van der Waals surface area contributed by atoms with E-state index in [-0.39, 0.29) is 0 Å². The Morgan fingerprint density at radius 1 is 0.947 bits per heavy atom. The Morgan fingerprint density at radius 3 is 2.37 bits per heavy atom. The van der Waals surface area contributed by atoms with Gasteiger partial charge < -0.3 is 10.4 Å². The van der Waals surface area contributed by atoms with Crippen molar-refractivity contribution in [3.63, 3.8) is 0 Å². The quantitative estimate of drug-likeness (QED) is 0.850. The number of hydrogen-bond acceptors (Lipinski definition) is 2. The Bertz CT molecular complexity index is 574. The zero-order valence-corrected chi connectivity index (χ0v) is 12.2. The van der Waals surface area contributed by atoms with E-state index in [1.54, 1.807) is 30.3 Å². The summed E-state index contributed by atoms with van der Waals surface area (Å²) in [5.41, 5.74) is 1.48. The van der Waals surface area contributed by atoms with Crippen LogP contribution in [-0.4, -0.2) is 11.7 Å². The van der Waals surface area contributed by atoms with E-state index in [0.29, 0.717) is 27.2 Å². The van der Waals surface area contributed by atoms with Crippen molar-refractivity contribution in [3.05, 3.63) is 63.1 Å². The van der Waals surface area contributed by atoms with Crippen LogP contribution in [0.5, 0.6) is 0 Å². The first kappa shape index (κ1) is 14.5. The topological polar surface area (TPSA) is 32.3 Å². The van der Waals surface area contributed by atoms with Crippen LogP contribution in [0.25, 0.3) is 0 Å². The monoisotopic (exact) mass is 315 g/mol. The SMILES string of the molecule is OC(CNc1ccc(Cl)c(Cl)c1)c1ccccc1Cl. The number of halogens is 3. The molecule has 2 rings (SSSR count). The van der Waals surface area contributed by atoms with Gasteiger partial charge in [-0.3, -0.25) is 0 Å². The summed E-state index contributed by atoms with van der Waals surface area (Å²) >= 11 is 17.8. The van der Waals surface area contributed by atoms with Crippen molar-refractivity contribution in [2.45, 2.75) is 6.10 Å². The first-order valence-corrected chi connectivity index (χ1v) is 6.82. The summed E-state index contributed by atoms with van der Waals surface area (Å²) in [4.78, 5) is 0. The summed E-state index contributed by atoms with van der Waals surface area (Å²) in [5.74, 6) is 0. The van der Waals surface area contributed by atoms with Crippen molar-refractivity contribution in [1.82, 2.24) is 0 Å². The highest BCUT2D eigenvalue weighted by Crippen LogP contribution is 2.26. The normalized spacial score (nSPS) is 12.2. The van der Waals surface area contributed by atoms with Gasteiger partial charge in [0.25, 0.3) is 0 Å². The molecule has 2 nitrogen and oxygen atoms in total. The molecule has 0 aliphatic rings. The maximum atomic E-state index is 10.1. The first-order valence-electron chi connectivity index (χ1n) is 5.69. The molecule has 0 amide bonds. The maximum Gasteiger partial charge on any atom is 0.0976 e. The van der Waals surface area contributed by atoms with Gasteiger partial charge in [-0.05, 0) is 24.3 Å². The van der Waals surface area contributed by atoms with Crippen LogP contribution in [0.15, 0.2) is 42.5 Å². The minimum Gasteiger partial charge on any atom is -0.387 e. The predicted octanol–water partition coefficient (Wildman–Crippen LogP) is 4.79. The second-order valence-corrected chi connectivity index (χ2v) is 5.27. The van der Waals surface area contributed by atoms with Gasteiger partial charge in [-0.2, -0.15) is 0 Å². The van der Waals surface area contributed by atoms with Gasteiger partial charge in [0.15, 0.2) is 0 Å². The molecule has 2 aromatic carbocycles. The third-order valence-electron chi connectivity index (χ3n) is 2.68. The van der Waals surface area contributed by atoms with Gasteiger partial charge in [-0.15, -0.1) is 0 Å². The van der Waals surface area contributed by atoms with Crippen LogP contribution in [0.2, 0.25) is 15.1 Å². The number of nitrogens with one attached hydrogen (secondary N) is 1. The summed E-state index contributed by atoms with van der Waals surface area (Å²) in [6.45, 7) is 0.335. The van der Waals surface area contributed by atoms with Crippen LogP contribution in [0.3, 0.4) is 0 Å². The lowest BCUT2D eigenvalue weighted by Crippen LogP contribution is -2.12. The second kappa shape index (κ2) is 6.49. The van der Waals surface area contributed by atoms with Crippen molar-refractivity contribution in [3.8, 4) is 0 Å². The lowest BCUT2D eigenvalue weighted by atomic mass is 10.1. The van der Waals surface area contributed by atoms with Crippen LogP contribution in [0.1, 0.15) is 11.7 Å². The average molecular weight is 317 g/mol.